The van der Waals surface area contributed by atoms with Crippen LogP contribution in [0.4, 0.5) is 5.88 Å². The summed E-state index contributed by atoms with van der Waals surface area (Å²) in [5.41, 5.74) is 6.42. The number of aromatic nitrogens is 1. The summed E-state index contributed by atoms with van der Waals surface area (Å²) in [6.45, 7) is 1.43. The van der Waals surface area contributed by atoms with E-state index < -0.39 is 0 Å². The van der Waals surface area contributed by atoms with E-state index in [1.54, 1.807) is 18.2 Å². The van der Waals surface area contributed by atoms with Crippen LogP contribution >= 0.6 is 22.9 Å². The summed E-state index contributed by atoms with van der Waals surface area (Å²) in [7, 11) is 0. The van der Waals surface area contributed by atoms with Gasteiger partial charge in [-0.1, -0.05) is 16.8 Å². The van der Waals surface area contributed by atoms with Gasteiger partial charge >= 0.3 is 0 Å². The number of thiophene rings is 1. The van der Waals surface area contributed by atoms with Gasteiger partial charge in [0, 0.05) is 25.1 Å². The summed E-state index contributed by atoms with van der Waals surface area (Å²) >= 11 is 7.19. The summed E-state index contributed by atoms with van der Waals surface area (Å²) < 4.78 is 5.54. The number of nitrogens with zero attached hydrogens (tertiary/aromatic N) is 2. The molecule has 0 spiro atoms. The van der Waals surface area contributed by atoms with Crippen molar-refractivity contribution in [3.63, 3.8) is 0 Å². The van der Waals surface area contributed by atoms with Gasteiger partial charge in [0.25, 0.3) is 5.91 Å². The number of amides is 1. The number of carbonyl (C=O) groups excluding carboxylic acids is 1. The molecular weight excluding hydrogens is 298 g/mol. The van der Waals surface area contributed by atoms with E-state index >= 15 is 0 Å². The molecule has 1 aliphatic heterocycles. The first-order valence-electron chi connectivity index (χ1n) is 6.40. The highest BCUT2D eigenvalue weighted by Crippen LogP contribution is 2.30. The molecule has 5 nitrogen and oxygen atoms in total. The molecule has 1 saturated heterocycles. The molecule has 1 amide bonds. The highest BCUT2D eigenvalue weighted by atomic mass is 35.5. The monoisotopic (exact) mass is 311 g/mol. The van der Waals surface area contributed by atoms with Gasteiger partial charge in [0.05, 0.1) is 14.9 Å². The fourth-order valence-corrected chi connectivity index (χ4v) is 3.47. The number of nitrogen functional groups attached to an aromatic ring is 1. The predicted octanol–water partition coefficient (Wildman–Crippen LogP) is 2.99. The first-order valence-corrected chi connectivity index (χ1v) is 7.59. The average molecular weight is 312 g/mol. The van der Waals surface area contributed by atoms with E-state index in [1.807, 2.05) is 4.90 Å². The number of hydrogen-bond acceptors (Lipinski definition) is 5. The molecule has 3 rings (SSSR count). The Kier molecular flexibility index (Phi) is 3.67. The fraction of sp³-hybridized carbons (Fsp3) is 0.385. The number of carbonyl (C=O) groups is 1. The highest BCUT2D eigenvalue weighted by molar-refractivity contribution is 7.17. The molecule has 0 saturated carbocycles. The Labute approximate surface area is 125 Å². The second-order valence-electron chi connectivity index (χ2n) is 4.82. The third-order valence-electron chi connectivity index (χ3n) is 3.53. The van der Waals surface area contributed by atoms with Gasteiger partial charge in [0.1, 0.15) is 0 Å². The van der Waals surface area contributed by atoms with Gasteiger partial charge in [0.15, 0.2) is 0 Å². The quantitative estimate of drug-likeness (QED) is 0.925. The second kappa shape index (κ2) is 5.46. The van der Waals surface area contributed by atoms with Crippen LogP contribution in [0.25, 0.3) is 0 Å². The molecule has 1 fully saturated rings. The van der Waals surface area contributed by atoms with Crippen molar-refractivity contribution in [2.75, 3.05) is 18.8 Å². The average Bonchev–Trinajstić information content (AvgIpc) is 3.07. The number of nitrogens with two attached hydrogens (primary N) is 1. The number of halogens is 1. The third kappa shape index (κ3) is 2.66. The van der Waals surface area contributed by atoms with E-state index in [2.05, 4.69) is 5.16 Å². The lowest BCUT2D eigenvalue weighted by atomic mass is 9.93. The standard InChI is InChI=1S/C13H14ClN3O2S/c14-11-2-1-10(20-11)13(18)17-5-3-8(4-6-17)9-7-12(15)19-16-9/h1-2,7-8H,3-6,15H2. The van der Waals surface area contributed by atoms with Gasteiger partial charge in [-0.15, -0.1) is 11.3 Å². The van der Waals surface area contributed by atoms with Crippen LogP contribution in [0.1, 0.15) is 34.1 Å². The molecular formula is C13H14ClN3O2S. The Bertz CT molecular complexity index is 617. The van der Waals surface area contributed by atoms with Crippen LogP contribution in [0.5, 0.6) is 0 Å². The van der Waals surface area contributed by atoms with Gasteiger partial charge in [-0.3, -0.25) is 4.79 Å². The van der Waals surface area contributed by atoms with E-state index in [-0.39, 0.29) is 5.91 Å². The molecule has 7 heteroatoms. The molecule has 1 aliphatic rings. The summed E-state index contributed by atoms with van der Waals surface area (Å²) in [6, 6.07) is 5.30. The largest absolute Gasteiger partial charge is 0.368 e. The van der Waals surface area contributed by atoms with Crippen LogP contribution in [-0.2, 0) is 0 Å². The molecule has 2 aromatic rings. The Balaban J connectivity index is 1.62. The van der Waals surface area contributed by atoms with E-state index in [9.17, 15) is 4.79 Å². The van der Waals surface area contributed by atoms with Crippen LogP contribution in [0, 0.1) is 0 Å². The topological polar surface area (TPSA) is 72.4 Å². The van der Waals surface area contributed by atoms with Crippen LogP contribution in [0.3, 0.4) is 0 Å². The number of piperidine rings is 1. The molecule has 0 radical (unpaired) electrons. The van der Waals surface area contributed by atoms with Crippen molar-refractivity contribution in [1.29, 1.82) is 0 Å². The van der Waals surface area contributed by atoms with Crippen molar-refractivity contribution in [2.45, 2.75) is 18.8 Å². The Hall–Kier alpha value is -1.53. The van der Waals surface area contributed by atoms with Crippen LogP contribution in [-0.4, -0.2) is 29.1 Å². The van der Waals surface area contributed by atoms with Gasteiger partial charge < -0.3 is 15.2 Å². The first kappa shape index (κ1) is 13.5. The van der Waals surface area contributed by atoms with Crippen molar-refractivity contribution in [1.82, 2.24) is 10.1 Å². The summed E-state index contributed by atoms with van der Waals surface area (Å²) in [5, 5.41) is 3.95. The number of rotatable bonds is 2. The van der Waals surface area contributed by atoms with E-state index in [1.165, 1.54) is 11.3 Å². The molecule has 0 bridgehead atoms. The predicted molar refractivity (Wildman–Crippen MR) is 78.1 cm³/mol. The molecule has 0 aromatic carbocycles. The third-order valence-corrected chi connectivity index (χ3v) is 4.75. The molecule has 20 heavy (non-hydrogen) atoms. The van der Waals surface area contributed by atoms with Crippen LogP contribution < -0.4 is 5.73 Å². The number of anilines is 1. The fourth-order valence-electron chi connectivity index (χ4n) is 2.46. The van der Waals surface area contributed by atoms with Crippen molar-refractivity contribution in [2.24, 2.45) is 0 Å². The number of hydrogen-bond donors (Lipinski definition) is 1. The Morgan fingerprint density at radius 1 is 1.45 bits per heavy atom. The zero-order valence-electron chi connectivity index (χ0n) is 10.7. The SMILES string of the molecule is Nc1cc(C2CCN(C(=O)c3ccc(Cl)s3)CC2)no1. The minimum atomic E-state index is 0.0556. The Morgan fingerprint density at radius 2 is 2.20 bits per heavy atom. The van der Waals surface area contributed by atoms with Crippen LogP contribution in [0.15, 0.2) is 22.7 Å². The van der Waals surface area contributed by atoms with E-state index in [0.717, 1.165) is 18.5 Å². The zero-order chi connectivity index (χ0) is 14.1. The van der Waals surface area contributed by atoms with Crippen molar-refractivity contribution >= 4 is 34.7 Å². The second-order valence-corrected chi connectivity index (χ2v) is 6.54. The van der Waals surface area contributed by atoms with Gasteiger partial charge in [-0.05, 0) is 25.0 Å². The lowest BCUT2D eigenvalue weighted by Crippen LogP contribution is -2.37. The van der Waals surface area contributed by atoms with Gasteiger partial charge in [-0.25, -0.2) is 0 Å². The zero-order valence-corrected chi connectivity index (χ0v) is 12.3. The minimum Gasteiger partial charge on any atom is -0.368 e. The van der Waals surface area contributed by atoms with E-state index in [0.29, 0.717) is 34.1 Å². The summed E-state index contributed by atoms with van der Waals surface area (Å²) in [5.74, 6) is 0.707. The van der Waals surface area contributed by atoms with E-state index in [4.69, 9.17) is 21.9 Å². The normalized spacial score (nSPS) is 16.6. The lowest BCUT2D eigenvalue weighted by Gasteiger charge is -2.30. The Morgan fingerprint density at radius 3 is 2.75 bits per heavy atom. The minimum absolute atomic E-state index is 0.0556. The molecule has 0 atom stereocenters. The molecule has 2 N–H and O–H groups in total. The molecule has 3 heterocycles. The summed E-state index contributed by atoms with van der Waals surface area (Å²) in [4.78, 5) is 14.8. The molecule has 0 unspecified atom stereocenters. The number of likely N-dealkylation sites (tertiary alicyclic amines) is 1. The van der Waals surface area contributed by atoms with Gasteiger partial charge in [0.2, 0.25) is 5.88 Å². The van der Waals surface area contributed by atoms with Crippen LogP contribution in [0.2, 0.25) is 4.34 Å². The first-order chi connectivity index (χ1) is 9.63. The maximum atomic E-state index is 12.3. The van der Waals surface area contributed by atoms with Crippen molar-refractivity contribution < 1.29 is 9.32 Å². The summed E-state index contributed by atoms with van der Waals surface area (Å²) in [6.07, 6.45) is 1.74. The highest BCUT2D eigenvalue weighted by Gasteiger charge is 2.26. The lowest BCUT2D eigenvalue weighted by molar-refractivity contribution is 0.0716. The van der Waals surface area contributed by atoms with Crippen molar-refractivity contribution in [3.05, 3.63) is 33.1 Å². The maximum absolute atomic E-state index is 12.3. The molecule has 106 valence electrons. The molecule has 2 aromatic heterocycles. The van der Waals surface area contributed by atoms with Crippen molar-refractivity contribution in [3.8, 4) is 0 Å². The smallest absolute Gasteiger partial charge is 0.263 e. The molecule has 0 aliphatic carbocycles. The maximum Gasteiger partial charge on any atom is 0.263 e. The van der Waals surface area contributed by atoms with Gasteiger partial charge in [-0.2, -0.15) is 0 Å².